The van der Waals surface area contributed by atoms with Crippen molar-refractivity contribution in [3.05, 3.63) is 145 Å². The van der Waals surface area contributed by atoms with Gasteiger partial charge in [0, 0.05) is 137 Å². The fourth-order valence-electron chi connectivity index (χ4n) is 9.99. The maximum Gasteiger partial charge on any atom is 0.176 e. The van der Waals surface area contributed by atoms with Crippen molar-refractivity contribution < 1.29 is 107 Å². The highest BCUT2D eigenvalue weighted by Crippen LogP contribution is 2.38. The van der Waals surface area contributed by atoms with Gasteiger partial charge in [-0.05, 0) is 124 Å². The van der Waals surface area contributed by atoms with Gasteiger partial charge in [0.1, 0.15) is 26.2 Å². The van der Waals surface area contributed by atoms with Crippen LogP contribution in [0.2, 0.25) is 0 Å². The summed E-state index contributed by atoms with van der Waals surface area (Å²) < 4.78 is 8.96. The maximum absolute atomic E-state index is 9.48. The van der Waals surface area contributed by atoms with E-state index in [9.17, 15) is 20.4 Å². The lowest BCUT2D eigenvalue weighted by molar-refractivity contribution is -0.697. The van der Waals surface area contributed by atoms with Crippen LogP contribution in [0.3, 0.4) is 0 Å². The Bertz CT molecular complexity index is 3060. The number of hydrogen-bond donors (Lipinski definition) is 6. The third-order valence-electron chi connectivity index (χ3n) is 13.6. The largest absolute Gasteiger partial charge is 1.00 e. The number of aromatic nitrogens is 8. The van der Waals surface area contributed by atoms with Gasteiger partial charge in [-0.1, -0.05) is 0 Å². The van der Waals surface area contributed by atoms with Gasteiger partial charge in [-0.15, -0.1) is 0 Å². The summed E-state index contributed by atoms with van der Waals surface area (Å²) in [7, 11) is 0. The van der Waals surface area contributed by atoms with Gasteiger partial charge in [0.25, 0.3) is 0 Å². The number of pyridine rings is 4. The van der Waals surface area contributed by atoms with Crippen LogP contribution in [0.15, 0.2) is 122 Å². The van der Waals surface area contributed by atoms with Crippen molar-refractivity contribution in [2.24, 2.45) is 0 Å². The summed E-state index contributed by atoms with van der Waals surface area (Å²) in [6.07, 6.45) is 36.7. The van der Waals surface area contributed by atoms with Crippen LogP contribution in [0, 0.1) is 0 Å². The van der Waals surface area contributed by atoms with Crippen molar-refractivity contribution in [3.63, 3.8) is 0 Å². The second-order valence-electron chi connectivity index (χ2n) is 19.0. The number of halogens is 4. The molecule has 2 aliphatic heterocycles. The highest BCUT2D eigenvalue weighted by Gasteiger charge is 2.23. The number of H-pyrrole nitrogens is 2. The molecule has 0 aromatic carbocycles. The van der Waals surface area contributed by atoms with Crippen LogP contribution in [0.4, 0.5) is 0 Å². The molecule has 0 spiro atoms. The van der Waals surface area contributed by atoms with Crippen molar-refractivity contribution >= 4 is 46.4 Å². The lowest BCUT2D eigenvalue weighted by Gasteiger charge is -2.07. The van der Waals surface area contributed by atoms with E-state index >= 15 is 0 Å². The zero-order chi connectivity index (χ0) is 49.5. The molecule has 402 valence electrons. The Morgan fingerprint density at radius 2 is 0.579 bits per heavy atom. The molecule has 12 nitrogen and oxygen atoms in total. The van der Waals surface area contributed by atoms with E-state index in [0.717, 1.165) is 193 Å². The smallest absolute Gasteiger partial charge is 0.176 e. The number of aromatic amines is 2. The minimum atomic E-state index is 0. The number of hydrogen-bond acceptors (Lipinski definition) is 6. The number of aliphatic hydroxyl groups is 4. The summed E-state index contributed by atoms with van der Waals surface area (Å²) in [5, 5.41) is 37.9. The van der Waals surface area contributed by atoms with Crippen LogP contribution in [0.1, 0.15) is 99.8 Å². The van der Waals surface area contributed by atoms with Gasteiger partial charge in [-0.2, -0.15) is 0 Å². The molecular formula is C60H70Br4N8O4. The standard InChI is InChI=1S/C60H70N8O4.4BrH/c69-37-9-1-5-29-65-33-13-17-45(41-65)57-49-21-23-51(61-49)58(46-18-14-34-66(42-46)30-6-2-10-38-70)53-25-27-55(63-53)60(48-20-16-36-68(44-48)32-8-4-12-40-72)56-28-26-54(64-56)59(52-24-22-50(57)62-52)47-19-15-35-67(43-47)31-7-3-11-39-71;;;;/h13-28,33-36,41-44,61-62,69-72H,1-12,29-32,37-40H2;4*1H/q+4;;;;/p-4. The number of aliphatic hydroxyl groups excluding tert-OH is 4. The summed E-state index contributed by atoms with van der Waals surface area (Å²) in [5.41, 5.74) is 15.2. The normalized spacial score (nSPS) is 11.4. The van der Waals surface area contributed by atoms with Crippen molar-refractivity contribution in [2.45, 2.75) is 103 Å². The van der Waals surface area contributed by atoms with Gasteiger partial charge in [-0.25, -0.2) is 28.2 Å². The van der Waals surface area contributed by atoms with Gasteiger partial charge in [0.2, 0.25) is 0 Å². The van der Waals surface area contributed by atoms with E-state index in [2.05, 4.69) is 175 Å². The zero-order valence-corrected chi connectivity index (χ0v) is 49.3. The summed E-state index contributed by atoms with van der Waals surface area (Å²) in [4.78, 5) is 19.0. The Balaban J connectivity index is 0.00000267. The van der Waals surface area contributed by atoms with Crippen molar-refractivity contribution in [2.75, 3.05) is 26.4 Å². The molecule has 9 rings (SSSR count). The first-order chi connectivity index (χ1) is 35.5. The summed E-state index contributed by atoms with van der Waals surface area (Å²) >= 11 is 0. The average Bonchev–Trinajstić information content (AvgIpc) is 4.26. The molecule has 16 heteroatoms. The van der Waals surface area contributed by atoms with Crippen LogP contribution in [-0.2, 0) is 26.2 Å². The number of fused-ring (bicyclic) bond motifs is 8. The topological polar surface area (TPSA) is 154 Å². The summed E-state index contributed by atoms with van der Waals surface area (Å²) in [5.74, 6) is 0. The number of rotatable bonds is 24. The predicted molar refractivity (Wildman–Crippen MR) is 285 cm³/mol. The molecule has 0 saturated heterocycles. The van der Waals surface area contributed by atoms with Gasteiger partial charge in [0.05, 0.1) is 28.3 Å². The first-order valence-corrected chi connectivity index (χ1v) is 26.1. The molecule has 6 N–H and O–H groups in total. The minimum Gasteiger partial charge on any atom is -1.00 e. The van der Waals surface area contributed by atoms with Gasteiger partial charge in [0.15, 0.2) is 49.6 Å². The fourth-order valence-corrected chi connectivity index (χ4v) is 9.99. The first kappa shape index (κ1) is 61.8. The molecule has 7 aromatic rings. The Hall–Kier alpha value is -5.04. The van der Waals surface area contributed by atoms with Crippen molar-refractivity contribution in [3.8, 4) is 44.5 Å². The molecule has 0 saturated carbocycles. The molecule has 2 aliphatic rings. The highest BCUT2D eigenvalue weighted by molar-refractivity contribution is 5.99. The maximum atomic E-state index is 9.48. The van der Waals surface area contributed by atoms with Crippen LogP contribution in [0.25, 0.3) is 90.9 Å². The van der Waals surface area contributed by atoms with Gasteiger partial charge in [-0.3, -0.25) is 0 Å². The van der Waals surface area contributed by atoms with Gasteiger partial charge < -0.3 is 98.3 Å². The van der Waals surface area contributed by atoms with Crippen LogP contribution in [-0.4, -0.2) is 66.8 Å². The molecule has 0 radical (unpaired) electrons. The minimum absolute atomic E-state index is 0. The predicted octanol–water partition coefficient (Wildman–Crippen LogP) is -2.86. The van der Waals surface area contributed by atoms with Crippen molar-refractivity contribution in [1.29, 1.82) is 0 Å². The van der Waals surface area contributed by atoms with E-state index in [0.29, 0.717) is 0 Å². The monoisotopic (exact) mass is 1280 g/mol. The summed E-state index contributed by atoms with van der Waals surface area (Å²) in [6, 6.07) is 25.8. The molecule has 0 unspecified atom stereocenters. The van der Waals surface area contributed by atoms with E-state index in [1.165, 1.54) is 0 Å². The molecule has 0 amide bonds. The van der Waals surface area contributed by atoms with Gasteiger partial charge >= 0.3 is 0 Å². The molecule has 8 bridgehead atoms. The van der Waals surface area contributed by atoms with E-state index in [1.54, 1.807) is 0 Å². The molecule has 0 aliphatic carbocycles. The molecule has 0 fully saturated rings. The second-order valence-corrected chi connectivity index (χ2v) is 19.0. The lowest BCUT2D eigenvalue weighted by atomic mass is 10.0. The third-order valence-corrected chi connectivity index (χ3v) is 13.6. The fraction of sp³-hybridized carbons (Fsp3) is 0.333. The number of unbranched alkanes of at least 4 members (excludes halogenated alkanes) is 8. The summed E-state index contributed by atoms with van der Waals surface area (Å²) in [6.45, 7) is 4.14. The zero-order valence-electron chi connectivity index (χ0n) is 43.0. The first-order valence-electron chi connectivity index (χ1n) is 26.1. The van der Waals surface area contributed by atoms with Crippen molar-refractivity contribution in [1.82, 2.24) is 19.9 Å². The Morgan fingerprint density at radius 3 is 0.882 bits per heavy atom. The molecular weight excluding hydrogens is 1220 g/mol. The van der Waals surface area contributed by atoms with E-state index < -0.39 is 0 Å². The number of nitrogens with zero attached hydrogens (tertiary/aromatic N) is 6. The SMILES string of the molecule is OCCCCC[n+]1cccc(-c2c3nc(c(-c4ccc[n+](CCCCCO)c4)c4ccc([nH]4)c(-c4ccc[n+](CCCCCO)c4)c4ccc([nH]4)c(-c4ccc[n+](CCCCCO)c4)c4nc2C=C4)C=C3)c1.[Br-].[Br-].[Br-].[Br-]. The van der Waals surface area contributed by atoms with Crippen LogP contribution < -0.4 is 86.2 Å². The highest BCUT2D eigenvalue weighted by atomic mass is 79.9. The number of aryl methyl sites for hydroxylation is 4. The molecule has 0 atom stereocenters. The Kier molecular flexibility index (Phi) is 25.5. The molecule has 7 aromatic heterocycles. The molecule has 9 heterocycles. The number of nitrogens with one attached hydrogen (secondary N) is 2. The van der Waals surface area contributed by atoms with Crippen LogP contribution in [0.5, 0.6) is 0 Å². The quantitative estimate of drug-likeness (QED) is 0.0283. The average molecular weight is 1290 g/mol. The van der Waals surface area contributed by atoms with E-state index in [1.807, 2.05) is 0 Å². The van der Waals surface area contributed by atoms with Crippen LogP contribution >= 0.6 is 0 Å². The van der Waals surface area contributed by atoms with E-state index in [4.69, 9.17) is 9.97 Å². The Labute approximate surface area is 488 Å². The van der Waals surface area contributed by atoms with E-state index in [-0.39, 0.29) is 94.4 Å². The molecule has 76 heavy (non-hydrogen) atoms. The Morgan fingerprint density at radius 1 is 0.316 bits per heavy atom. The third kappa shape index (κ3) is 15.6. The lowest BCUT2D eigenvalue weighted by Crippen LogP contribution is -3.00. The second kappa shape index (κ2) is 31.4.